The maximum absolute atomic E-state index is 12.4. The molecule has 0 aliphatic carbocycles. The zero-order valence-corrected chi connectivity index (χ0v) is 18.5. The molecule has 0 saturated carbocycles. The molecule has 0 fully saturated rings. The lowest BCUT2D eigenvalue weighted by atomic mass is 9.93. The number of ketones is 3. The van der Waals surface area contributed by atoms with E-state index in [2.05, 4.69) is 13.8 Å². The summed E-state index contributed by atoms with van der Waals surface area (Å²) in [5.41, 5.74) is 3.01. The van der Waals surface area contributed by atoms with Crippen molar-refractivity contribution in [3.8, 4) is 0 Å². The van der Waals surface area contributed by atoms with Crippen molar-refractivity contribution in [1.82, 2.24) is 0 Å². The average molecular weight is 373 g/mol. The first kappa shape index (κ1) is 25.0. The summed E-state index contributed by atoms with van der Waals surface area (Å²) in [4.78, 5) is 36.4. The van der Waals surface area contributed by atoms with Gasteiger partial charge in [0.25, 0.3) is 0 Å². The molecule has 2 unspecified atom stereocenters. The molecule has 27 heavy (non-hydrogen) atoms. The van der Waals surface area contributed by atoms with Crippen LogP contribution in [0.15, 0.2) is 46.6 Å². The van der Waals surface area contributed by atoms with E-state index >= 15 is 0 Å². The molecule has 0 saturated heterocycles. The van der Waals surface area contributed by atoms with E-state index in [1.807, 2.05) is 52.0 Å². The molecule has 0 heterocycles. The lowest BCUT2D eigenvalue weighted by molar-refractivity contribution is -0.129. The lowest BCUT2D eigenvalue weighted by Gasteiger charge is -2.09. The molecular formula is C24H36O3. The van der Waals surface area contributed by atoms with Crippen molar-refractivity contribution in [2.75, 3.05) is 0 Å². The van der Waals surface area contributed by atoms with E-state index in [1.165, 1.54) is 0 Å². The third kappa shape index (κ3) is 8.94. The van der Waals surface area contributed by atoms with E-state index in [4.69, 9.17) is 0 Å². The van der Waals surface area contributed by atoms with Gasteiger partial charge in [0.05, 0.1) is 5.92 Å². The minimum absolute atomic E-state index is 0.0374. The Balaban J connectivity index is 5.26. The average Bonchev–Trinajstić information content (AvgIpc) is 2.57. The second-order valence-corrected chi connectivity index (χ2v) is 7.78. The van der Waals surface area contributed by atoms with Gasteiger partial charge in [-0.25, -0.2) is 0 Å². The summed E-state index contributed by atoms with van der Waals surface area (Å²) in [6.07, 6.45) is 8.11. The molecule has 3 nitrogen and oxygen atoms in total. The fourth-order valence-electron chi connectivity index (χ4n) is 3.07. The molecule has 0 aromatic rings. The van der Waals surface area contributed by atoms with Crippen molar-refractivity contribution in [1.29, 1.82) is 0 Å². The van der Waals surface area contributed by atoms with Crippen LogP contribution in [-0.2, 0) is 14.4 Å². The zero-order chi connectivity index (χ0) is 21.3. The molecule has 0 aliphatic rings. The molecule has 150 valence electrons. The van der Waals surface area contributed by atoms with Gasteiger partial charge < -0.3 is 0 Å². The Kier molecular flexibility index (Phi) is 10.8. The van der Waals surface area contributed by atoms with Crippen LogP contribution < -0.4 is 0 Å². The zero-order valence-electron chi connectivity index (χ0n) is 18.5. The quantitative estimate of drug-likeness (QED) is 0.276. The maximum Gasteiger partial charge on any atom is 0.183 e. The van der Waals surface area contributed by atoms with Crippen molar-refractivity contribution < 1.29 is 14.4 Å². The number of Topliss-reactive ketones (excluding diaryl/α,β-unsaturated/α-hetero) is 3. The fraction of sp³-hybridized carbons (Fsp3) is 0.542. The molecule has 3 heteroatoms. The summed E-state index contributed by atoms with van der Waals surface area (Å²) >= 11 is 0. The van der Waals surface area contributed by atoms with Crippen LogP contribution in [-0.4, -0.2) is 17.3 Å². The Morgan fingerprint density at radius 2 is 1.30 bits per heavy atom. The van der Waals surface area contributed by atoms with Gasteiger partial charge in [0.2, 0.25) is 0 Å². The van der Waals surface area contributed by atoms with Crippen LogP contribution >= 0.6 is 0 Å². The Hall–Kier alpha value is -2.03. The molecule has 0 bridgehead atoms. The molecule has 0 aromatic carbocycles. The highest BCUT2D eigenvalue weighted by molar-refractivity contribution is 6.09. The predicted molar refractivity (Wildman–Crippen MR) is 114 cm³/mol. The van der Waals surface area contributed by atoms with Crippen LogP contribution in [0.4, 0.5) is 0 Å². The van der Waals surface area contributed by atoms with E-state index in [1.54, 1.807) is 20.8 Å². The molecule has 0 radical (unpaired) electrons. The van der Waals surface area contributed by atoms with E-state index in [0.29, 0.717) is 17.9 Å². The number of carbonyl (C=O) groups excluding carboxylic acids is 3. The molecule has 2 atom stereocenters. The van der Waals surface area contributed by atoms with Crippen molar-refractivity contribution in [2.45, 2.75) is 68.7 Å². The smallest absolute Gasteiger partial charge is 0.183 e. The maximum atomic E-state index is 12.4. The van der Waals surface area contributed by atoms with Crippen LogP contribution in [0, 0.1) is 17.8 Å². The van der Waals surface area contributed by atoms with Gasteiger partial charge in [-0.2, -0.15) is 0 Å². The second kappa shape index (κ2) is 11.6. The van der Waals surface area contributed by atoms with Gasteiger partial charge in [0.15, 0.2) is 11.6 Å². The SMILES string of the molecule is CCC(=O)C(C)C(=O)/C(C)=C/C(C)=C/C(C)/C=C(\C)C(=O)/C(C)=C\C(C)C. The van der Waals surface area contributed by atoms with Gasteiger partial charge in [0.1, 0.15) is 5.78 Å². The molecular weight excluding hydrogens is 336 g/mol. The van der Waals surface area contributed by atoms with Crippen molar-refractivity contribution >= 4 is 17.3 Å². The van der Waals surface area contributed by atoms with Crippen molar-refractivity contribution in [3.63, 3.8) is 0 Å². The first-order valence-electron chi connectivity index (χ1n) is 9.75. The number of carbonyl (C=O) groups is 3. The van der Waals surface area contributed by atoms with Gasteiger partial charge in [-0.15, -0.1) is 0 Å². The van der Waals surface area contributed by atoms with Gasteiger partial charge in [0, 0.05) is 6.42 Å². The number of hydrogen-bond acceptors (Lipinski definition) is 3. The highest BCUT2D eigenvalue weighted by Gasteiger charge is 2.20. The summed E-state index contributed by atoms with van der Waals surface area (Å²) in [6, 6.07) is 0. The number of rotatable bonds is 10. The second-order valence-electron chi connectivity index (χ2n) is 7.78. The third-order valence-corrected chi connectivity index (χ3v) is 4.40. The monoisotopic (exact) mass is 372 g/mol. The Labute approximate surface area is 165 Å². The summed E-state index contributed by atoms with van der Waals surface area (Å²) in [5.74, 6) is -0.283. The first-order valence-corrected chi connectivity index (χ1v) is 9.75. The van der Waals surface area contributed by atoms with Crippen LogP contribution in [0.2, 0.25) is 0 Å². The van der Waals surface area contributed by atoms with E-state index < -0.39 is 5.92 Å². The van der Waals surface area contributed by atoms with Gasteiger partial charge >= 0.3 is 0 Å². The van der Waals surface area contributed by atoms with E-state index in [9.17, 15) is 14.4 Å². The molecule has 0 N–H and O–H groups in total. The lowest BCUT2D eigenvalue weighted by Crippen LogP contribution is -2.21. The fourth-order valence-corrected chi connectivity index (χ4v) is 3.07. The summed E-state index contributed by atoms with van der Waals surface area (Å²) in [5, 5.41) is 0. The summed E-state index contributed by atoms with van der Waals surface area (Å²) in [6.45, 7) is 16.9. The molecule has 0 aromatic heterocycles. The standard InChI is InChI=1S/C24H36O3/c1-10-22(25)21(9)24(27)20(8)14-17(5)12-16(4)13-19(7)23(26)18(6)11-15(2)3/h11-16,21H,10H2,1-9H3/b17-12+,18-11-,19-13+,20-14+. The minimum Gasteiger partial charge on any atom is -0.299 e. The van der Waals surface area contributed by atoms with Gasteiger partial charge in [-0.1, -0.05) is 57.6 Å². The molecule has 0 rings (SSSR count). The van der Waals surface area contributed by atoms with Crippen molar-refractivity contribution in [3.05, 3.63) is 46.6 Å². The third-order valence-electron chi connectivity index (χ3n) is 4.40. The predicted octanol–water partition coefficient (Wildman–Crippen LogP) is 5.82. The van der Waals surface area contributed by atoms with Crippen molar-refractivity contribution in [2.24, 2.45) is 17.8 Å². The van der Waals surface area contributed by atoms with Gasteiger partial charge in [-0.3, -0.25) is 14.4 Å². The molecule has 0 amide bonds. The molecule has 0 spiro atoms. The van der Waals surface area contributed by atoms with E-state index in [-0.39, 0.29) is 23.3 Å². The van der Waals surface area contributed by atoms with Crippen LogP contribution in [0.25, 0.3) is 0 Å². The first-order chi connectivity index (χ1) is 12.4. The Morgan fingerprint density at radius 1 is 0.778 bits per heavy atom. The van der Waals surface area contributed by atoms with Crippen LogP contribution in [0.5, 0.6) is 0 Å². The topological polar surface area (TPSA) is 51.2 Å². The summed E-state index contributed by atoms with van der Waals surface area (Å²) in [7, 11) is 0. The van der Waals surface area contributed by atoms with Gasteiger partial charge in [-0.05, 0) is 63.2 Å². The Bertz CT molecular complexity index is 684. The normalized spacial score (nSPS) is 16.4. The largest absolute Gasteiger partial charge is 0.299 e. The number of hydrogen-bond donors (Lipinski definition) is 0. The number of allylic oxidation sites excluding steroid dienone is 8. The van der Waals surface area contributed by atoms with Crippen LogP contribution in [0.3, 0.4) is 0 Å². The highest BCUT2D eigenvalue weighted by atomic mass is 16.2. The Morgan fingerprint density at radius 3 is 1.78 bits per heavy atom. The summed E-state index contributed by atoms with van der Waals surface area (Å²) < 4.78 is 0. The highest BCUT2D eigenvalue weighted by Crippen LogP contribution is 2.16. The minimum atomic E-state index is -0.591. The van der Waals surface area contributed by atoms with Crippen LogP contribution in [0.1, 0.15) is 68.7 Å². The molecule has 0 aliphatic heterocycles. The van der Waals surface area contributed by atoms with E-state index in [0.717, 1.165) is 16.7 Å².